The van der Waals surface area contributed by atoms with E-state index in [1.165, 1.54) is 23.1 Å². The molecule has 0 radical (unpaired) electrons. The lowest BCUT2D eigenvalue weighted by Gasteiger charge is -2.13. The molecule has 0 aromatic carbocycles. The number of hydrogen-bond acceptors (Lipinski definition) is 5. The molecule has 8 heteroatoms. The third-order valence-corrected chi connectivity index (χ3v) is 5.77. The molecule has 0 unspecified atom stereocenters. The van der Waals surface area contributed by atoms with Crippen LogP contribution in [0.4, 0.5) is 5.13 Å². The summed E-state index contributed by atoms with van der Waals surface area (Å²) in [5.74, 6) is 0.822. The molecule has 6 nitrogen and oxygen atoms in total. The molecule has 2 aromatic heterocycles. The van der Waals surface area contributed by atoms with Crippen LogP contribution in [0.25, 0.3) is 11.3 Å². The van der Waals surface area contributed by atoms with E-state index in [1.807, 2.05) is 11.5 Å². The highest BCUT2D eigenvalue weighted by Crippen LogP contribution is 2.30. The van der Waals surface area contributed by atoms with E-state index in [2.05, 4.69) is 41.4 Å². The Balaban J connectivity index is 1.70. The molecule has 0 atom stereocenters. The molecule has 3 rings (SSSR count). The Morgan fingerprint density at radius 3 is 2.96 bits per heavy atom. The van der Waals surface area contributed by atoms with Crippen molar-refractivity contribution >= 4 is 40.0 Å². The first-order chi connectivity index (χ1) is 12.0. The number of rotatable bonds is 6. The van der Waals surface area contributed by atoms with Crippen molar-refractivity contribution in [3.8, 4) is 11.3 Å². The predicted octanol–water partition coefficient (Wildman–Crippen LogP) is 2.89. The summed E-state index contributed by atoms with van der Waals surface area (Å²) in [4.78, 5) is 29.8. The smallest absolute Gasteiger partial charge is 0.245 e. The van der Waals surface area contributed by atoms with Gasteiger partial charge in [0.05, 0.1) is 17.3 Å². The van der Waals surface area contributed by atoms with Gasteiger partial charge in [0, 0.05) is 28.9 Å². The third-order valence-electron chi connectivity index (χ3n) is 4.07. The number of carbonyl (C=O) groups excluding carboxylic acids is 2. The molecule has 1 N–H and O–H groups in total. The topological polar surface area (TPSA) is 67.2 Å². The minimum Gasteiger partial charge on any atom is -0.345 e. The van der Waals surface area contributed by atoms with Gasteiger partial charge >= 0.3 is 0 Å². The van der Waals surface area contributed by atoms with E-state index in [0.717, 1.165) is 29.2 Å². The van der Waals surface area contributed by atoms with Crippen LogP contribution < -0.4 is 5.32 Å². The van der Waals surface area contributed by atoms with Gasteiger partial charge in [0.1, 0.15) is 6.54 Å². The summed E-state index contributed by atoms with van der Waals surface area (Å²) in [5.41, 5.74) is 4.18. The number of carbonyl (C=O) groups is 2. The van der Waals surface area contributed by atoms with Crippen LogP contribution in [0.5, 0.6) is 0 Å². The minimum absolute atomic E-state index is 0.00892. The zero-order valence-corrected chi connectivity index (χ0v) is 15.9. The molecule has 0 saturated carbocycles. The zero-order valence-electron chi connectivity index (χ0n) is 14.2. The Hall–Kier alpha value is -2.06. The van der Waals surface area contributed by atoms with Crippen molar-refractivity contribution in [1.82, 2.24) is 14.5 Å². The molecule has 0 aliphatic carbocycles. The maximum absolute atomic E-state index is 12.1. The van der Waals surface area contributed by atoms with E-state index in [9.17, 15) is 9.59 Å². The lowest BCUT2D eigenvalue weighted by atomic mass is 10.2. The molecule has 1 fully saturated rings. The molecular formula is C17H20N4O2S2. The highest BCUT2D eigenvalue weighted by Gasteiger charge is 2.23. The van der Waals surface area contributed by atoms with E-state index in [0.29, 0.717) is 16.8 Å². The largest absolute Gasteiger partial charge is 0.345 e. The van der Waals surface area contributed by atoms with Crippen LogP contribution in [0.1, 0.15) is 11.4 Å². The fourth-order valence-corrected chi connectivity index (χ4v) is 4.43. The number of nitrogens with one attached hydrogen (secondary N) is 1. The van der Waals surface area contributed by atoms with E-state index in [-0.39, 0.29) is 18.4 Å². The number of aromatic nitrogens is 2. The van der Waals surface area contributed by atoms with Crippen molar-refractivity contribution in [2.24, 2.45) is 0 Å². The van der Waals surface area contributed by atoms with Crippen molar-refractivity contribution in [3.63, 3.8) is 0 Å². The average Bonchev–Trinajstić information content (AvgIpc) is 3.25. The first kappa shape index (κ1) is 17.8. The fourth-order valence-electron chi connectivity index (χ4n) is 2.80. The molecule has 2 aromatic rings. The Kier molecular flexibility index (Phi) is 5.29. The van der Waals surface area contributed by atoms with Gasteiger partial charge in [-0.1, -0.05) is 6.08 Å². The van der Waals surface area contributed by atoms with Crippen LogP contribution in [0.3, 0.4) is 0 Å². The number of aryl methyl sites for hydroxylation is 1. The number of hydrogen-bond donors (Lipinski definition) is 1. The van der Waals surface area contributed by atoms with E-state index >= 15 is 0 Å². The SMILES string of the molecule is C=CCn1c(C)cc(-c2csc(NC(=O)CN3CSCC3=O)n2)c1C. The van der Waals surface area contributed by atoms with E-state index in [4.69, 9.17) is 0 Å². The minimum atomic E-state index is -0.214. The molecule has 1 saturated heterocycles. The fraction of sp³-hybridized carbons (Fsp3) is 0.353. The number of nitrogens with zero attached hydrogens (tertiary/aromatic N) is 3. The number of anilines is 1. The monoisotopic (exact) mass is 376 g/mol. The van der Waals surface area contributed by atoms with Gasteiger partial charge in [0.25, 0.3) is 0 Å². The Morgan fingerprint density at radius 2 is 2.28 bits per heavy atom. The van der Waals surface area contributed by atoms with Crippen molar-refractivity contribution in [1.29, 1.82) is 0 Å². The maximum atomic E-state index is 12.1. The van der Waals surface area contributed by atoms with Gasteiger partial charge in [0.15, 0.2) is 5.13 Å². The molecule has 0 spiro atoms. The maximum Gasteiger partial charge on any atom is 0.245 e. The summed E-state index contributed by atoms with van der Waals surface area (Å²) in [6.07, 6.45) is 1.87. The van der Waals surface area contributed by atoms with Crippen LogP contribution in [0.2, 0.25) is 0 Å². The molecule has 3 heterocycles. The zero-order chi connectivity index (χ0) is 18.0. The quantitative estimate of drug-likeness (QED) is 0.787. The van der Waals surface area contributed by atoms with Crippen molar-refractivity contribution in [3.05, 3.63) is 35.5 Å². The molecule has 25 heavy (non-hydrogen) atoms. The number of allylic oxidation sites excluding steroid dienone is 1. The number of amides is 2. The molecule has 0 bridgehead atoms. The molecule has 2 amide bonds. The predicted molar refractivity (Wildman–Crippen MR) is 103 cm³/mol. The number of thiazole rings is 1. The van der Waals surface area contributed by atoms with Gasteiger partial charge in [-0.3, -0.25) is 9.59 Å². The summed E-state index contributed by atoms with van der Waals surface area (Å²) < 4.78 is 2.18. The normalized spacial score (nSPS) is 14.2. The van der Waals surface area contributed by atoms with Gasteiger partial charge in [0.2, 0.25) is 11.8 Å². The Labute approximate surface area is 154 Å². The highest BCUT2D eigenvalue weighted by atomic mass is 32.2. The van der Waals surface area contributed by atoms with Crippen molar-refractivity contribution < 1.29 is 9.59 Å². The summed E-state index contributed by atoms with van der Waals surface area (Å²) in [6, 6.07) is 2.10. The lowest BCUT2D eigenvalue weighted by molar-refractivity contribution is -0.130. The summed E-state index contributed by atoms with van der Waals surface area (Å²) >= 11 is 2.91. The van der Waals surface area contributed by atoms with Crippen LogP contribution in [0, 0.1) is 13.8 Å². The van der Waals surface area contributed by atoms with Crippen LogP contribution >= 0.6 is 23.1 Å². The highest BCUT2D eigenvalue weighted by molar-refractivity contribution is 8.00. The summed E-state index contributed by atoms with van der Waals surface area (Å²) in [5, 5.41) is 5.27. The second-order valence-corrected chi connectivity index (χ2v) is 7.65. The Bertz CT molecular complexity index is 825. The summed E-state index contributed by atoms with van der Waals surface area (Å²) in [6.45, 7) is 8.74. The first-order valence-corrected chi connectivity index (χ1v) is 9.92. The van der Waals surface area contributed by atoms with Gasteiger partial charge < -0.3 is 14.8 Å². The molecular weight excluding hydrogens is 356 g/mol. The average molecular weight is 377 g/mol. The van der Waals surface area contributed by atoms with Crippen LogP contribution in [-0.2, 0) is 16.1 Å². The van der Waals surface area contributed by atoms with E-state index in [1.54, 1.807) is 4.90 Å². The van der Waals surface area contributed by atoms with E-state index < -0.39 is 0 Å². The first-order valence-electron chi connectivity index (χ1n) is 7.88. The standard InChI is InChI=1S/C17H20N4O2S2/c1-4-5-21-11(2)6-13(12(21)3)14-8-25-17(18-14)19-15(22)7-20-10-24-9-16(20)23/h4,6,8H,1,5,7,9-10H2,2-3H3,(H,18,19,22). The second-order valence-electron chi connectivity index (χ2n) is 5.84. The second kappa shape index (κ2) is 7.45. The molecule has 132 valence electrons. The molecule has 1 aliphatic heterocycles. The Morgan fingerprint density at radius 1 is 1.48 bits per heavy atom. The molecule has 1 aliphatic rings. The van der Waals surface area contributed by atoms with Gasteiger partial charge in [-0.15, -0.1) is 29.7 Å². The third kappa shape index (κ3) is 3.80. The van der Waals surface area contributed by atoms with Crippen LogP contribution in [-0.4, -0.2) is 44.4 Å². The lowest BCUT2D eigenvalue weighted by Crippen LogP contribution is -2.34. The number of thioether (sulfide) groups is 1. The summed E-state index contributed by atoms with van der Waals surface area (Å²) in [7, 11) is 0. The van der Waals surface area contributed by atoms with Crippen LogP contribution in [0.15, 0.2) is 24.1 Å². The van der Waals surface area contributed by atoms with Crippen molar-refractivity contribution in [2.45, 2.75) is 20.4 Å². The van der Waals surface area contributed by atoms with Crippen molar-refractivity contribution in [2.75, 3.05) is 23.5 Å². The van der Waals surface area contributed by atoms with Gasteiger partial charge in [-0.05, 0) is 19.9 Å². The van der Waals surface area contributed by atoms with Gasteiger partial charge in [-0.25, -0.2) is 4.98 Å². The van der Waals surface area contributed by atoms with Gasteiger partial charge in [-0.2, -0.15) is 0 Å².